The predicted molar refractivity (Wildman–Crippen MR) is 119 cm³/mol. The minimum absolute atomic E-state index is 0.227. The molecule has 2 atom stereocenters. The summed E-state index contributed by atoms with van der Waals surface area (Å²) in [5.41, 5.74) is 1.81. The van der Waals surface area contributed by atoms with Crippen molar-refractivity contribution in [2.24, 2.45) is 5.92 Å². The van der Waals surface area contributed by atoms with Gasteiger partial charge in [0.2, 0.25) is 5.91 Å². The maximum atomic E-state index is 13.1. The highest BCUT2D eigenvalue weighted by atomic mass is 35.5. The molecule has 0 saturated carbocycles. The van der Waals surface area contributed by atoms with E-state index in [1.165, 1.54) is 6.08 Å². The first-order chi connectivity index (χ1) is 14.0. The number of hydrogen-bond donors (Lipinski definition) is 0. The van der Waals surface area contributed by atoms with E-state index in [-0.39, 0.29) is 23.2 Å². The van der Waals surface area contributed by atoms with Crippen molar-refractivity contribution in [3.8, 4) is 0 Å². The molecule has 2 aromatic rings. The molecule has 1 aliphatic heterocycles. The number of carbonyl (C=O) groups excluding carboxylic acids is 2. The maximum Gasteiger partial charge on any atom is 0.329 e. The third-order valence-electron chi connectivity index (χ3n) is 4.44. The van der Waals surface area contributed by atoms with E-state index < -0.39 is 6.04 Å². The Morgan fingerprint density at radius 3 is 2.66 bits per heavy atom. The number of carbonyl (C=O) groups is 2. The Balaban J connectivity index is 1.86. The third kappa shape index (κ3) is 5.64. The molecule has 0 aliphatic carbocycles. The van der Waals surface area contributed by atoms with Crippen LogP contribution < -0.4 is 0 Å². The summed E-state index contributed by atoms with van der Waals surface area (Å²) < 4.78 is 5.44. The fourth-order valence-electron chi connectivity index (χ4n) is 3.04. The molecule has 4 nitrogen and oxygen atoms in total. The van der Waals surface area contributed by atoms with Gasteiger partial charge >= 0.3 is 5.97 Å². The zero-order valence-electron chi connectivity index (χ0n) is 16.5. The van der Waals surface area contributed by atoms with Crippen molar-refractivity contribution in [1.29, 1.82) is 0 Å². The second-order valence-corrected chi connectivity index (χ2v) is 8.82. The number of amides is 1. The summed E-state index contributed by atoms with van der Waals surface area (Å²) in [5, 5.41) is 0.305. The van der Waals surface area contributed by atoms with Gasteiger partial charge in [0.1, 0.15) is 11.4 Å². The number of esters is 1. The molecule has 0 aromatic heterocycles. The van der Waals surface area contributed by atoms with E-state index in [1.54, 1.807) is 28.8 Å². The van der Waals surface area contributed by atoms with E-state index in [9.17, 15) is 9.59 Å². The monoisotopic (exact) mass is 429 g/mol. The van der Waals surface area contributed by atoms with Crippen LogP contribution in [0.2, 0.25) is 5.02 Å². The number of rotatable bonds is 6. The number of ether oxygens (including phenoxy) is 1. The highest BCUT2D eigenvalue weighted by molar-refractivity contribution is 7.99. The Hall–Kier alpha value is -2.24. The summed E-state index contributed by atoms with van der Waals surface area (Å²) in [6.45, 7) is 4.30. The van der Waals surface area contributed by atoms with Gasteiger partial charge in [-0.15, -0.1) is 11.8 Å². The van der Waals surface area contributed by atoms with Gasteiger partial charge in [0.15, 0.2) is 0 Å². The van der Waals surface area contributed by atoms with Gasteiger partial charge in [-0.1, -0.05) is 67.9 Å². The van der Waals surface area contributed by atoms with Gasteiger partial charge in [-0.2, -0.15) is 0 Å². The molecule has 1 fully saturated rings. The van der Waals surface area contributed by atoms with Crippen LogP contribution in [0.1, 0.15) is 30.3 Å². The quantitative estimate of drug-likeness (QED) is 0.468. The van der Waals surface area contributed by atoms with Gasteiger partial charge in [0.25, 0.3) is 0 Å². The molecule has 1 aliphatic rings. The molecular formula is C23H24ClNO3S. The molecule has 1 heterocycles. The van der Waals surface area contributed by atoms with Crippen molar-refractivity contribution in [2.75, 3.05) is 12.4 Å². The van der Waals surface area contributed by atoms with Crippen molar-refractivity contribution in [1.82, 2.24) is 4.90 Å². The molecule has 152 valence electrons. The summed E-state index contributed by atoms with van der Waals surface area (Å²) in [6.07, 6.45) is 3.28. The first kappa shape index (κ1) is 21.5. The average molecular weight is 430 g/mol. The zero-order valence-corrected chi connectivity index (χ0v) is 18.0. The van der Waals surface area contributed by atoms with Crippen molar-refractivity contribution in [3.63, 3.8) is 0 Å². The largest absolute Gasteiger partial charge is 0.464 e. The van der Waals surface area contributed by atoms with Crippen molar-refractivity contribution < 1.29 is 14.3 Å². The van der Waals surface area contributed by atoms with Gasteiger partial charge in [0, 0.05) is 16.9 Å². The molecule has 29 heavy (non-hydrogen) atoms. The molecule has 2 aromatic carbocycles. The Morgan fingerprint density at radius 1 is 1.21 bits per heavy atom. The third-order valence-corrected chi connectivity index (χ3v) is 6.00. The summed E-state index contributed by atoms with van der Waals surface area (Å²) in [5.74, 6) is 0.130. The van der Waals surface area contributed by atoms with Crippen molar-refractivity contribution in [3.05, 3.63) is 76.8 Å². The maximum absolute atomic E-state index is 13.1. The summed E-state index contributed by atoms with van der Waals surface area (Å²) in [7, 11) is 0. The normalized spacial score (nSPS) is 19.1. The van der Waals surface area contributed by atoms with E-state index in [0.29, 0.717) is 17.4 Å². The molecule has 1 amide bonds. The molecular weight excluding hydrogens is 406 g/mol. The lowest BCUT2D eigenvalue weighted by molar-refractivity contribution is -0.153. The Morgan fingerprint density at radius 2 is 1.97 bits per heavy atom. The summed E-state index contributed by atoms with van der Waals surface area (Å²) >= 11 is 7.70. The van der Waals surface area contributed by atoms with Crippen LogP contribution in [0.4, 0.5) is 0 Å². The number of hydrogen-bond acceptors (Lipinski definition) is 4. The average Bonchev–Trinajstić information content (AvgIpc) is 3.16. The van der Waals surface area contributed by atoms with Crippen LogP contribution in [-0.2, 0) is 14.3 Å². The summed E-state index contributed by atoms with van der Waals surface area (Å²) in [4.78, 5) is 27.4. The van der Waals surface area contributed by atoms with Crippen LogP contribution in [0.5, 0.6) is 0 Å². The SMILES string of the molecule is CC(C)COC(=O)C1CSC(c2cccc(Cl)c2)N1C(=O)/C=C/c1ccccc1. The fraction of sp³-hybridized carbons (Fsp3) is 0.304. The smallest absolute Gasteiger partial charge is 0.329 e. The van der Waals surface area contributed by atoms with Crippen LogP contribution in [0, 0.1) is 5.92 Å². The molecule has 3 rings (SSSR count). The second kappa shape index (κ2) is 9.99. The lowest BCUT2D eigenvalue weighted by Gasteiger charge is -2.28. The van der Waals surface area contributed by atoms with Crippen LogP contribution in [0.3, 0.4) is 0 Å². The Kier molecular flexibility index (Phi) is 7.40. The fourth-order valence-corrected chi connectivity index (χ4v) is 4.65. The molecule has 0 bridgehead atoms. The van der Waals surface area contributed by atoms with Crippen molar-refractivity contribution in [2.45, 2.75) is 25.3 Å². The van der Waals surface area contributed by atoms with Crippen LogP contribution in [-0.4, -0.2) is 35.2 Å². The molecule has 0 N–H and O–H groups in total. The number of halogens is 1. The zero-order chi connectivity index (χ0) is 20.8. The highest BCUT2D eigenvalue weighted by Crippen LogP contribution is 2.42. The number of benzene rings is 2. The van der Waals surface area contributed by atoms with Crippen LogP contribution in [0.25, 0.3) is 6.08 Å². The highest BCUT2D eigenvalue weighted by Gasteiger charge is 2.42. The van der Waals surface area contributed by atoms with E-state index in [1.807, 2.05) is 62.4 Å². The lowest BCUT2D eigenvalue weighted by atomic mass is 10.1. The first-order valence-corrected chi connectivity index (χ1v) is 11.0. The van der Waals surface area contributed by atoms with Crippen LogP contribution >= 0.6 is 23.4 Å². The van der Waals surface area contributed by atoms with E-state index in [2.05, 4.69) is 0 Å². The van der Waals surface area contributed by atoms with Gasteiger partial charge in [-0.3, -0.25) is 4.79 Å². The van der Waals surface area contributed by atoms with Crippen LogP contribution in [0.15, 0.2) is 60.7 Å². The molecule has 2 unspecified atom stereocenters. The van der Waals surface area contributed by atoms with Crippen molar-refractivity contribution >= 4 is 41.3 Å². The molecule has 0 spiro atoms. The molecule has 6 heteroatoms. The minimum Gasteiger partial charge on any atom is -0.464 e. The van der Waals surface area contributed by atoms with E-state index in [0.717, 1.165) is 11.1 Å². The van der Waals surface area contributed by atoms with Gasteiger partial charge in [-0.05, 0) is 35.3 Å². The van der Waals surface area contributed by atoms with Gasteiger partial charge in [0.05, 0.1) is 6.61 Å². The number of nitrogens with zero attached hydrogens (tertiary/aromatic N) is 1. The Labute approximate surface area is 180 Å². The van der Waals surface area contributed by atoms with Gasteiger partial charge < -0.3 is 9.64 Å². The molecule has 0 radical (unpaired) electrons. The standard InChI is InChI=1S/C23H24ClNO3S/c1-16(2)14-28-23(27)20-15-29-22(18-9-6-10-19(24)13-18)25(20)21(26)12-11-17-7-4-3-5-8-17/h3-13,16,20,22H,14-15H2,1-2H3/b12-11+. The predicted octanol–water partition coefficient (Wildman–Crippen LogP) is 5.20. The van der Waals surface area contributed by atoms with E-state index >= 15 is 0 Å². The van der Waals surface area contributed by atoms with Gasteiger partial charge in [-0.25, -0.2) is 4.79 Å². The minimum atomic E-state index is -0.629. The second-order valence-electron chi connectivity index (χ2n) is 7.27. The topological polar surface area (TPSA) is 46.6 Å². The number of thioether (sulfide) groups is 1. The Bertz CT molecular complexity index is 885. The summed E-state index contributed by atoms with van der Waals surface area (Å²) in [6, 6.07) is 16.4. The van der Waals surface area contributed by atoms with E-state index in [4.69, 9.17) is 16.3 Å². The lowest BCUT2D eigenvalue weighted by Crippen LogP contribution is -2.43. The molecule has 1 saturated heterocycles. The first-order valence-electron chi connectivity index (χ1n) is 9.55.